The van der Waals surface area contributed by atoms with E-state index in [0.29, 0.717) is 18.1 Å². The fourth-order valence-electron chi connectivity index (χ4n) is 4.88. The molecule has 2 saturated heterocycles. The van der Waals surface area contributed by atoms with E-state index in [0.717, 1.165) is 37.4 Å². The minimum absolute atomic E-state index is 0.137. The van der Waals surface area contributed by atoms with Crippen LogP contribution in [0.2, 0.25) is 0 Å². The monoisotopic (exact) mass is 469 g/mol. The smallest absolute Gasteiger partial charge is 0.293 e. The Kier molecular flexibility index (Phi) is 6.27. The second-order valence-electron chi connectivity index (χ2n) is 8.89. The van der Waals surface area contributed by atoms with Gasteiger partial charge in [-0.05, 0) is 62.4 Å². The summed E-state index contributed by atoms with van der Waals surface area (Å²) in [7, 11) is 0. The molecule has 174 valence electrons. The fourth-order valence-corrected chi connectivity index (χ4v) is 5.58. The van der Waals surface area contributed by atoms with Gasteiger partial charge in [0.1, 0.15) is 5.82 Å². The second-order valence-corrected chi connectivity index (χ2v) is 9.84. The number of rotatable bonds is 5. The number of hydrogen-bond acceptors (Lipinski definition) is 6. The Morgan fingerprint density at radius 1 is 1.18 bits per heavy atom. The highest BCUT2D eigenvalue weighted by molar-refractivity contribution is 7.13. The molecule has 0 saturated carbocycles. The number of amides is 1. The number of aromatic nitrogens is 3. The van der Waals surface area contributed by atoms with Crippen molar-refractivity contribution in [2.45, 2.75) is 44.9 Å². The average molecular weight is 470 g/mol. The first-order chi connectivity index (χ1) is 16.0. The molecule has 5 rings (SSSR count). The molecule has 1 amide bonds. The lowest BCUT2D eigenvalue weighted by molar-refractivity contribution is -0.0715. The third-order valence-corrected chi connectivity index (χ3v) is 7.08. The zero-order valence-electron chi connectivity index (χ0n) is 18.9. The molecular weight excluding hydrogens is 441 g/mol. The molecule has 2 aliphatic heterocycles. The molecule has 0 N–H and O–H groups in total. The number of hydrogen-bond donors (Lipinski definition) is 0. The van der Waals surface area contributed by atoms with Gasteiger partial charge in [-0.3, -0.25) is 9.69 Å². The normalized spacial score (nSPS) is 23.8. The summed E-state index contributed by atoms with van der Waals surface area (Å²) < 4.78 is 21.0. The van der Waals surface area contributed by atoms with E-state index in [1.807, 2.05) is 22.4 Å². The fraction of sp³-hybridized carbons (Fsp3) is 0.458. The summed E-state index contributed by atoms with van der Waals surface area (Å²) in [5.41, 5.74) is 0.667. The number of benzene rings is 1. The van der Waals surface area contributed by atoms with Gasteiger partial charge in [0.2, 0.25) is 5.82 Å². The standard InChI is InChI=1S/C24H28FN5O2S/c1-16-13-28(14-17(2)32-16)15-20-5-3-11-29(20)24(31)22-26-23(21-6-4-12-33-21)30(27-22)19-9-7-18(25)8-10-19/h4,6-10,12,16-17,20H,3,5,11,13-15H2,1-2H3/t16-,17-,20+/m1/s1. The predicted octanol–water partition coefficient (Wildman–Crippen LogP) is 3.85. The minimum Gasteiger partial charge on any atom is -0.373 e. The molecule has 2 aromatic heterocycles. The molecule has 3 aromatic rings. The van der Waals surface area contributed by atoms with Gasteiger partial charge < -0.3 is 9.64 Å². The number of thiophene rings is 1. The van der Waals surface area contributed by atoms with Crippen molar-refractivity contribution in [1.29, 1.82) is 0 Å². The highest BCUT2D eigenvalue weighted by atomic mass is 32.1. The Bertz CT molecular complexity index is 1090. The maximum absolute atomic E-state index is 13.5. The molecule has 4 heterocycles. The number of carbonyl (C=O) groups is 1. The molecule has 7 nitrogen and oxygen atoms in total. The van der Waals surface area contributed by atoms with E-state index in [4.69, 9.17) is 4.74 Å². The topological polar surface area (TPSA) is 63.5 Å². The van der Waals surface area contributed by atoms with Gasteiger partial charge in [0, 0.05) is 32.2 Å². The van der Waals surface area contributed by atoms with E-state index >= 15 is 0 Å². The lowest BCUT2D eigenvalue weighted by Crippen LogP contribution is -2.51. The first-order valence-electron chi connectivity index (χ1n) is 11.4. The maximum Gasteiger partial charge on any atom is 0.293 e. The first-order valence-corrected chi connectivity index (χ1v) is 12.3. The summed E-state index contributed by atoms with van der Waals surface area (Å²) in [6.07, 6.45) is 2.34. The van der Waals surface area contributed by atoms with E-state index < -0.39 is 0 Å². The molecule has 0 spiro atoms. The van der Waals surface area contributed by atoms with Crippen LogP contribution in [0, 0.1) is 5.82 Å². The maximum atomic E-state index is 13.5. The summed E-state index contributed by atoms with van der Waals surface area (Å²) in [4.78, 5) is 23.4. The first kappa shape index (κ1) is 22.2. The SMILES string of the molecule is C[C@@H]1CN(C[C@@H]2CCCN2C(=O)c2nc(-c3cccs3)n(-c3ccc(F)cc3)n2)C[C@@H](C)O1. The van der Waals surface area contributed by atoms with Crippen molar-refractivity contribution < 1.29 is 13.9 Å². The highest BCUT2D eigenvalue weighted by Gasteiger charge is 2.35. The van der Waals surface area contributed by atoms with Crippen molar-refractivity contribution in [2.24, 2.45) is 0 Å². The molecule has 2 fully saturated rings. The van der Waals surface area contributed by atoms with E-state index in [2.05, 4.69) is 28.8 Å². The Morgan fingerprint density at radius 3 is 2.64 bits per heavy atom. The van der Waals surface area contributed by atoms with Crippen LogP contribution in [-0.2, 0) is 4.74 Å². The number of ether oxygens (including phenoxy) is 1. The van der Waals surface area contributed by atoms with Crippen LogP contribution in [0.15, 0.2) is 41.8 Å². The third kappa shape index (κ3) is 4.71. The molecule has 33 heavy (non-hydrogen) atoms. The van der Waals surface area contributed by atoms with Crippen LogP contribution in [0.1, 0.15) is 37.3 Å². The number of nitrogens with zero attached hydrogens (tertiary/aromatic N) is 5. The van der Waals surface area contributed by atoms with Gasteiger partial charge in [0.25, 0.3) is 5.91 Å². The van der Waals surface area contributed by atoms with Crippen LogP contribution in [0.3, 0.4) is 0 Å². The Balaban J connectivity index is 1.41. The molecule has 9 heteroatoms. The Morgan fingerprint density at radius 2 is 1.94 bits per heavy atom. The zero-order valence-corrected chi connectivity index (χ0v) is 19.7. The van der Waals surface area contributed by atoms with E-state index in [1.165, 1.54) is 23.5 Å². The zero-order chi connectivity index (χ0) is 22.9. The van der Waals surface area contributed by atoms with E-state index in [9.17, 15) is 9.18 Å². The molecular formula is C24H28FN5O2S. The summed E-state index contributed by atoms with van der Waals surface area (Å²) in [5, 5.41) is 6.54. The van der Waals surface area contributed by atoms with Crippen molar-refractivity contribution in [3.63, 3.8) is 0 Å². The van der Waals surface area contributed by atoms with Gasteiger partial charge in [0.05, 0.1) is 22.8 Å². The number of likely N-dealkylation sites (tertiary alicyclic amines) is 1. The highest BCUT2D eigenvalue weighted by Crippen LogP contribution is 2.27. The Labute approximate surface area is 196 Å². The van der Waals surface area contributed by atoms with Gasteiger partial charge in [-0.1, -0.05) is 6.07 Å². The van der Waals surface area contributed by atoms with Crippen LogP contribution in [-0.4, -0.2) is 74.9 Å². The second kappa shape index (κ2) is 9.32. The number of carbonyl (C=O) groups excluding carboxylic acids is 1. The molecule has 2 aliphatic rings. The van der Waals surface area contributed by atoms with Gasteiger partial charge >= 0.3 is 0 Å². The number of morpholine rings is 1. The van der Waals surface area contributed by atoms with E-state index in [-0.39, 0.29) is 35.8 Å². The van der Waals surface area contributed by atoms with Crippen molar-refractivity contribution in [3.8, 4) is 16.4 Å². The molecule has 1 aromatic carbocycles. The van der Waals surface area contributed by atoms with Crippen LogP contribution in [0.5, 0.6) is 0 Å². The molecule has 0 aliphatic carbocycles. The molecule has 3 atom stereocenters. The summed E-state index contributed by atoms with van der Waals surface area (Å²) >= 11 is 1.53. The lowest BCUT2D eigenvalue weighted by atomic mass is 10.1. The predicted molar refractivity (Wildman–Crippen MR) is 125 cm³/mol. The van der Waals surface area contributed by atoms with Gasteiger partial charge in [-0.15, -0.1) is 16.4 Å². The van der Waals surface area contributed by atoms with Crippen LogP contribution >= 0.6 is 11.3 Å². The third-order valence-electron chi connectivity index (χ3n) is 6.21. The van der Waals surface area contributed by atoms with Crippen molar-refractivity contribution >= 4 is 17.2 Å². The van der Waals surface area contributed by atoms with Crippen molar-refractivity contribution in [3.05, 3.63) is 53.4 Å². The van der Waals surface area contributed by atoms with E-state index in [1.54, 1.807) is 16.8 Å². The average Bonchev–Trinajstić information content (AvgIpc) is 3.53. The van der Waals surface area contributed by atoms with Crippen LogP contribution < -0.4 is 0 Å². The number of halogens is 1. The largest absolute Gasteiger partial charge is 0.373 e. The van der Waals surface area contributed by atoms with Crippen LogP contribution in [0.4, 0.5) is 4.39 Å². The molecule has 0 unspecified atom stereocenters. The molecule has 0 radical (unpaired) electrons. The summed E-state index contributed by atoms with van der Waals surface area (Å²) in [6.45, 7) is 7.49. The van der Waals surface area contributed by atoms with Crippen molar-refractivity contribution in [1.82, 2.24) is 24.6 Å². The molecule has 0 bridgehead atoms. The lowest BCUT2D eigenvalue weighted by Gasteiger charge is -2.38. The van der Waals surface area contributed by atoms with Gasteiger partial charge in [0.15, 0.2) is 5.82 Å². The quantitative estimate of drug-likeness (QED) is 0.568. The van der Waals surface area contributed by atoms with Crippen molar-refractivity contribution in [2.75, 3.05) is 26.2 Å². The Hall–Kier alpha value is -2.62. The summed E-state index contributed by atoms with van der Waals surface area (Å²) in [5.74, 6) is 0.301. The minimum atomic E-state index is -0.320. The summed E-state index contributed by atoms with van der Waals surface area (Å²) in [6, 6.07) is 10.1. The van der Waals surface area contributed by atoms with Gasteiger partial charge in [-0.25, -0.2) is 14.1 Å². The van der Waals surface area contributed by atoms with Crippen LogP contribution in [0.25, 0.3) is 16.4 Å². The van der Waals surface area contributed by atoms with Gasteiger partial charge in [-0.2, -0.15) is 0 Å².